The lowest BCUT2D eigenvalue weighted by atomic mass is 10.0. The van der Waals surface area contributed by atoms with E-state index in [1.54, 1.807) is 18.2 Å². The third-order valence-corrected chi connectivity index (χ3v) is 3.36. The average Bonchev–Trinajstić information content (AvgIpc) is 2.32. The fraction of sp³-hybridized carbons (Fsp3) is 0.143. The summed E-state index contributed by atoms with van der Waals surface area (Å²) in [6.07, 6.45) is -4.41. The largest absolute Gasteiger partial charge is 0.416 e. The number of aryl methyl sites for hydroxylation is 1. The first-order chi connectivity index (χ1) is 8.79. The van der Waals surface area contributed by atoms with Gasteiger partial charge in [0.05, 0.1) is 5.56 Å². The van der Waals surface area contributed by atoms with E-state index in [4.69, 9.17) is 23.2 Å². The maximum Gasteiger partial charge on any atom is 0.416 e. The fourth-order valence-corrected chi connectivity index (χ4v) is 2.19. The van der Waals surface area contributed by atoms with Crippen molar-refractivity contribution in [2.24, 2.45) is 0 Å². The highest BCUT2D eigenvalue weighted by molar-refractivity contribution is 6.36. The van der Waals surface area contributed by atoms with Crippen LogP contribution >= 0.6 is 23.2 Å². The molecule has 0 aliphatic heterocycles. The van der Waals surface area contributed by atoms with Crippen molar-refractivity contribution in [3.05, 3.63) is 57.6 Å². The number of halogens is 5. The lowest BCUT2D eigenvalue weighted by molar-refractivity contribution is -0.137. The van der Waals surface area contributed by atoms with Crippen molar-refractivity contribution in [2.75, 3.05) is 0 Å². The highest BCUT2D eigenvalue weighted by atomic mass is 35.5. The van der Waals surface area contributed by atoms with E-state index >= 15 is 0 Å². The predicted molar refractivity (Wildman–Crippen MR) is 71.6 cm³/mol. The molecule has 0 bridgehead atoms. The summed E-state index contributed by atoms with van der Waals surface area (Å²) in [7, 11) is 0. The summed E-state index contributed by atoms with van der Waals surface area (Å²) in [5.74, 6) is 0. The third-order valence-electron chi connectivity index (χ3n) is 2.71. The number of hydrogen-bond donors (Lipinski definition) is 0. The Hall–Kier alpha value is -1.19. The zero-order chi connectivity index (χ0) is 14.2. The topological polar surface area (TPSA) is 0 Å². The second-order valence-electron chi connectivity index (χ2n) is 4.18. The Morgan fingerprint density at radius 1 is 0.842 bits per heavy atom. The maximum absolute atomic E-state index is 12.7. The average molecular weight is 305 g/mol. The molecule has 0 atom stereocenters. The molecule has 2 rings (SSSR count). The summed E-state index contributed by atoms with van der Waals surface area (Å²) in [5, 5.41) is 0.604. The second kappa shape index (κ2) is 5.06. The Bertz CT molecular complexity index is 619. The summed E-state index contributed by atoms with van der Waals surface area (Å²) < 4.78 is 38.2. The monoisotopic (exact) mass is 304 g/mol. The van der Waals surface area contributed by atoms with Crippen LogP contribution in [0.1, 0.15) is 11.1 Å². The summed E-state index contributed by atoms with van der Waals surface area (Å²) in [6.45, 7) is 1.83. The van der Waals surface area contributed by atoms with Crippen LogP contribution in [0.2, 0.25) is 10.0 Å². The normalized spacial score (nSPS) is 11.7. The van der Waals surface area contributed by atoms with Crippen LogP contribution in [0.3, 0.4) is 0 Å². The number of hydrogen-bond acceptors (Lipinski definition) is 0. The van der Waals surface area contributed by atoms with Gasteiger partial charge in [-0.3, -0.25) is 0 Å². The molecule has 0 aliphatic rings. The second-order valence-corrected chi connectivity index (χ2v) is 4.99. The maximum atomic E-state index is 12.7. The lowest BCUT2D eigenvalue weighted by Gasteiger charge is -2.12. The first kappa shape index (κ1) is 14.2. The van der Waals surface area contributed by atoms with Gasteiger partial charge >= 0.3 is 6.18 Å². The molecule has 100 valence electrons. The third kappa shape index (κ3) is 3.04. The highest BCUT2D eigenvalue weighted by Gasteiger charge is 2.31. The highest BCUT2D eigenvalue weighted by Crippen LogP contribution is 2.38. The van der Waals surface area contributed by atoms with Gasteiger partial charge in [0.15, 0.2) is 0 Å². The minimum Gasteiger partial charge on any atom is -0.166 e. The summed E-state index contributed by atoms with van der Waals surface area (Å²) in [4.78, 5) is 0. The minimum atomic E-state index is -4.41. The Morgan fingerprint density at radius 2 is 1.37 bits per heavy atom. The molecular formula is C14H9Cl2F3. The van der Waals surface area contributed by atoms with Gasteiger partial charge in [-0.25, -0.2) is 0 Å². The van der Waals surface area contributed by atoms with E-state index in [9.17, 15) is 13.2 Å². The standard InChI is InChI=1S/C14H9Cl2F3/c1-8-2-4-12(15)10(6-8)11-7-9(14(17,18)19)3-5-13(11)16/h2-7H,1H3. The van der Waals surface area contributed by atoms with Crippen LogP contribution in [0.4, 0.5) is 13.2 Å². The van der Waals surface area contributed by atoms with E-state index in [0.717, 1.165) is 17.7 Å². The van der Waals surface area contributed by atoms with E-state index in [0.29, 0.717) is 10.6 Å². The Balaban J connectivity index is 2.64. The van der Waals surface area contributed by atoms with Crippen molar-refractivity contribution < 1.29 is 13.2 Å². The molecule has 0 radical (unpaired) electrons. The molecule has 2 aromatic carbocycles. The number of benzene rings is 2. The summed E-state index contributed by atoms with van der Waals surface area (Å²) >= 11 is 12.0. The van der Waals surface area contributed by atoms with Crippen LogP contribution in [0, 0.1) is 6.92 Å². The van der Waals surface area contributed by atoms with Gasteiger partial charge < -0.3 is 0 Å². The van der Waals surface area contributed by atoms with Gasteiger partial charge in [-0.15, -0.1) is 0 Å². The molecule has 0 saturated carbocycles. The van der Waals surface area contributed by atoms with Crippen molar-refractivity contribution in [1.29, 1.82) is 0 Å². The SMILES string of the molecule is Cc1ccc(Cl)c(-c2cc(C(F)(F)F)ccc2Cl)c1. The van der Waals surface area contributed by atoms with Crippen molar-refractivity contribution in [1.82, 2.24) is 0 Å². The van der Waals surface area contributed by atoms with E-state index < -0.39 is 11.7 Å². The van der Waals surface area contributed by atoms with Crippen LogP contribution in [-0.2, 0) is 6.18 Å². The molecular weight excluding hydrogens is 296 g/mol. The molecule has 0 nitrogen and oxygen atoms in total. The van der Waals surface area contributed by atoms with Gasteiger partial charge in [-0.05, 0) is 37.3 Å². The summed E-state index contributed by atoms with van der Waals surface area (Å²) in [5.41, 5.74) is 0.931. The van der Waals surface area contributed by atoms with Gasteiger partial charge in [0, 0.05) is 21.2 Å². The molecule has 19 heavy (non-hydrogen) atoms. The first-order valence-corrected chi connectivity index (χ1v) is 6.18. The van der Waals surface area contributed by atoms with Crippen LogP contribution < -0.4 is 0 Å². The number of rotatable bonds is 1. The predicted octanol–water partition coefficient (Wildman–Crippen LogP) is 5.99. The zero-order valence-electron chi connectivity index (χ0n) is 9.85. The Morgan fingerprint density at radius 3 is 1.95 bits per heavy atom. The number of alkyl halides is 3. The Labute approximate surface area is 118 Å². The quantitative estimate of drug-likeness (QED) is 0.607. The van der Waals surface area contributed by atoms with Crippen LogP contribution in [0.25, 0.3) is 11.1 Å². The first-order valence-electron chi connectivity index (χ1n) is 5.42. The van der Waals surface area contributed by atoms with E-state index in [2.05, 4.69) is 0 Å². The molecule has 0 amide bonds. The van der Waals surface area contributed by atoms with Crippen LogP contribution in [-0.4, -0.2) is 0 Å². The lowest BCUT2D eigenvalue weighted by Crippen LogP contribution is -2.04. The van der Waals surface area contributed by atoms with Crippen molar-refractivity contribution in [3.63, 3.8) is 0 Å². The van der Waals surface area contributed by atoms with Gasteiger partial charge in [-0.2, -0.15) is 13.2 Å². The molecule has 0 N–H and O–H groups in total. The van der Waals surface area contributed by atoms with E-state index in [1.807, 2.05) is 6.92 Å². The van der Waals surface area contributed by atoms with Crippen LogP contribution in [0.5, 0.6) is 0 Å². The van der Waals surface area contributed by atoms with Gasteiger partial charge in [0.25, 0.3) is 0 Å². The molecule has 0 aromatic heterocycles. The van der Waals surface area contributed by atoms with E-state index in [1.165, 1.54) is 6.07 Å². The molecule has 0 spiro atoms. The Kier molecular flexibility index (Phi) is 3.79. The summed E-state index contributed by atoms with van der Waals surface area (Å²) in [6, 6.07) is 8.34. The molecule has 5 heteroatoms. The molecule has 0 fully saturated rings. The minimum absolute atomic E-state index is 0.237. The van der Waals surface area contributed by atoms with Gasteiger partial charge in [-0.1, -0.05) is 34.8 Å². The van der Waals surface area contributed by atoms with Crippen molar-refractivity contribution >= 4 is 23.2 Å². The molecule has 0 aliphatic carbocycles. The smallest absolute Gasteiger partial charge is 0.166 e. The van der Waals surface area contributed by atoms with Gasteiger partial charge in [0.2, 0.25) is 0 Å². The van der Waals surface area contributed by atoms with Crippen LogP contribution in [0.15, 0.2) is 36.4 Å². The molecule has 0 unspecified atom stereocenters. The van der Waals surface area contributed by atoms with E-state index in [-0.39, 0.29) is 10.6 Å². The van der Waals surface area contributed by atoms with Crippen molar-refractivity contribution in [3.8, 4) is 11.1 Å². The fourth-order valence-electron chi connectivity index (χ4n) is 1.75. The zero-order valence-corrected chi connectivity index (χ0v) is 11.4. The molecule has 2 aromatic rings. The molecule has 0 heterocycles. The molecule has 0 saturated heterocycles. The van der Waals surface area contributed by atoms with Crippen molar-refractivity contribution in [2.45, 2.75) is 13.1 Å². The van der Waals surface area contributed by atoms with Gasteiger partial charge in [0.1, 0.15) is 0 Å².